The van der Waals surface area contributed by atoms with Gasteiger partial charge >= 0.3 is 0 Å². The first-order valence-electron chi connectivity index (χ1n) is 6.13. The number of hydrogen-bond acceptors (Lipinski definition) is 2. The fourth-order valence-electron chi connectivity index (χ4n) is 1.64. The van der Waals surface area contributed by atoms with Crippen molar-refractivity contribution < 1.29 is 0 Å². The van der Waals surface area contributed by atoms with Crippen LogP contribution in [0, 0.1) is 0 Å². The van der Waals surface area contributed by atoms with Gasteiger partial charge in [0.05, 0.1) is 11.4 Å². The molecule has 0 N–H and O–H groups in total. The highest BCUT2D eigenvalue weighted by atomic mass is 15.1. The predicted molar refractivity (Wildman–Crippen MR) is 75.8 cm³/mol. The van der Waals surface area contributed by atoms with Crippen molar-refractivity contribution in [1.29, 1.82) is 0 Å². The fraction of sp³-hybridized carbons (Fsp3) is 0.250. The molecule has 0 unspecified atom stereocenters. The summed E-state index contributed by atoms with van der Waals surface area (Å²) >= 11 is 0. The van der Waals surface area contributed by atoms with Gasteiger partial charge < -0.3 is 0 Å². The first-order valence-corrected chi connectivity index (χ1v) is 6.13. The van der Waals surface area contributed by atoms with Crippen LogP contribution in [0.1, 0.15) is 26.3 Å². The molecule has 0 aliphatic carbocycles. The minimum absolute atomic E-state index is 0.176. The van der Waals surface area contributed by atoms with Crippen molar-refractivity contribution in [2.24, 2.45) is 10.2 Å². The van der Waals surface area contributed by atoms with E-state index in [1.54, 1.807) is 0 Å². The molecule has 0 radical (unpaired) electrons. The van der Waals surface area contributed by atoms with Gasteiger partial charge in [0.25, 0.3) is 0 Å². The molecule has 0 fully saturated rings. The Kier molecular flexibility index (Phi) is 3.56. The molecule has 2 rings (SSSR count). The molecule has 18 heavy (non-hydrogen) atoms. The molecule has 0 atom stereocenters. The number of benzene rings is 2. The molecule has 2 aromatic carbocycles. The van der Waals surface area contributed by atoms with E-state index < -0.39 is 0 Å². The van der Waals surface area contributed by atoms with Crippen molar-refractivity contribution in [3.05, 3.63) is 60.2 Å². The summed E-state index contributed by atoms with van der Waals surface area (Å²) in [4.78, 5) is 0. The van der Waals surface area contributed by atoms with Crippen LogP contribution >= 0.6 is 0 Å². The average molecular weight is 238 g/mol. The van der Waals surface area contributed by atoms with Crippen LogP contribution in [-0.2, 0) is 5.41 Å². The second kappa shape index (κ2) is 5.13. The normalized spacial score (nSPS) is 11.9. The van der Waals surface area contributed by atoms with Gasteiger partial charge in [-0.2, -0.15) is 10.2 Å². The Labute approximate surface area is 108 Å². The quantitative estimate of drug-likeness (QED) is 0.626. The van der Waals surface area contributed by atoms with E-state index in [1.807, 2.05) is 42.5 Å². The molecule has 0 spiro atoms. The van der Waals surface area contributed by atoms with Crippen LogP contribution in [0.25, 0.3) is 0 Å². The number of nitrogens with zero attached hydrogens (tertiary/aromatic N) is 2. The van der Waals surface area contributed by atoms with E-state index in [4.69, 9.17) is 0 Å². The zero-order valence-electron chi connectivity index (χ0n) is 11.1. The largest absolute Gasteiger partial charge is 0.151 e. The Morgan fingerprint density at radius 2 is 1.17 bits per heavy atom. The maximum Gasteiger partial charge on any atom is 0.0857 e. The summed E-state index contributed by atoms with van der Waals surface area (Å²) in [6, 6.07) is 18.0. The van der Waals surface area contributed by atoms with Gasteiger partial charge in [-0.1, -0.05) is 51.1 Å². The summed E-state index contributed by atoms with van der Waals surface area (Å²) in [5.41, 5.74) is 3.24. The van der Waals surface area contributed by atoms with Crippen molar-refractivity contribution in [2.45, 2.75) is 26.2 Å². The van der Waals surface area contributed by atoms with Crippen molar-refractivity contribution in [1.82, 2.24) is 0 Å². The lowest BCUT2D eigenvalue weighted by molar-refractivity contribution is 0.590. The Bertz CT molecular complexity index is 519. The van der Waals surface area contributed by atoms with Crippen molar-refractivity contribution >= 4 is 11.4 Å². The Hall–Kier alpha value is -1.96. The van der Waals surface area contributed by atoms with Crippen molar-refractivity contribution in [3.8, 4) is 0 Å². The predicted octanol–water partition coefficient (Wildman–Crippen LogP) is 5.40. The third kappa shape index (κ3) is 3.27. The minimum atomic E-state index is 0.176. The summed E-state index contributed by atoms with van der Waals surface area (Å²) in [6.45, 7) is 6.61. The molecular formula is C16H18N2. The SMILES string of the molecule is CC(C)(C)c1ccc(/N=N/c2ccccc2)cc1. The smallest absolute Gasteiger partial charge is 0.0857 e. The third-order valence-corrected chi connectivity index (χ3v) is 2.77. The van der Waals surface area contributed by atoms with Crippen LogP contribution in [0.15, 0.2) is 64.8 Å². The topological polar surface area (TPSA) is 24.7 Å². The molecule has 0 bridgehead atoms. The molecular weight excluding hydrogens is 220 g/mol. The van der Waals surface area contributed by atoms with Gasteiger partial charge in [-0.25, -0.2) is 0 Å². The van der Waals surface area contributed by atoms with Crippen LogP contribution in [0.3, 0.4) is 0 Å². The minimum Gasteiger partial charge on any atom is -0.151 e. The average Bonchev–Trinajstić information content (AvgIpc) is 2.37. The summed E-state index contributed by atoms with van der Waals surface area (Å²) in [6.07, 6.45) is 0. The van der Waals surface area contributed by atoms with Crippen LogP contribution in [0.5, 0.6) is 0 Å². The van der Waals surface area contributed by atoms with Gasteiger partial charge in [0.15, 0.2) is 0 Å². The zero-order valence-corrected chi connectivity index (χ0v) is 11.1. The summed E-state index contributed by atoms with van der Waals surface area (Å²) in [7, 11) is 0. The molecule has 0 amide bonds. The van der Waals surface area contributed by atoms with Gasteiger partial charge in [0.2, 0.25) is 0 Å². The molecule has 0 saturated heterocycles. The molecule has 2 nitrogen and oxygen atoms in total. The van der Waals surface area contributed by atoms with Crippen LogP contribution in [0.4, 0.5) is 11.4 Å². The summed E-state index contributed by atoms with van der Waals surface area (Å²) < 4.78 is 0. The zero-order chi connectivity index (χ0) is 13.0. The third-order valence-electron chi connectivity index (χ3n) is 2.77. The van der Waals surface area contributed by atoms with Gasteiger partial charge in [-0.05, 0) is 35.2 Å². The lowest BCUT2D eigenvalue weighted by Crippen LogP contribution is -2.10. The van der Waals surface area contributed by atoms with E-state index in [-0.39, 0.29) is 5.41 Å². The molecule has 0 aromatic heterocycles. The number of hydrogen-bond donors (Lipinski definition) is 0. The molecule has 92 valence electrons. The molecule has 2 aromatic rings. The lowest BCUT2D eigenvalue weighted by Gasteiger charge is -2.18. The number of azo groups is 1. The van der Waals surface area contributed by atoms with Gasteiger partial charge in [0.1, 0.15) is 0 Å². The van der Waals surface area contributed by atoms with E-state index in [2.05, 4.69) is 43.1 Å². The van der Waals surface area contributed by atoms with E-state index in [1.165, 1.54) is 5.56 Å². The lowest BCUT2D eigenvalue weighted by atomic mass is 9.87. The standard InChI is InChI=1S/C16H18N2/c1-16(2,3)13-9-11-15(12-10-13)18-17-14-7-5-4-6-8-14/h4-12H,1-3H3/b18-17+. The molecule has 0 heterocycles. The Balaban J connectivity index is 2.14. The van der Waals surface area contributed by atoms with Crippen molar-refractivity contribution in [2.75, 3.05) is 0 Å². The Morgan fingerprint density at radius 1 is 0.667 bits per heavy atom. The monoisotopic (exact) mass is 238 g/mol. The first-order chi connectivity index (χ1) is 8.55. The van der Waals surface area contributed by atoms with E-state index in [0.717, 1.165) is 11.4 Å². The molecule has 0 aliphatic heterocycles. The first kappa shape index (κ1) is 12.5. The maximum absolute atomic E-state index is 4.22. The van der Waals surface area contributed by atoms with E-state index >= 15 is 0 Å². The molecule has 2 heteroatoms. The Morgan fingerprint density at radius 3 is 1.67 bits per heavy atom. The highest BCUT2D eigenvalue weighted by Crippen LogP contribution is 2.25. The van der Waals surface area contributed by atoms with Crippen LogP contribution < -0.4 is 0 Å². The molecule has 0 saturated carbocycles. The van der Waals surface area contributed by atoms with E-state index in [0.29, 0.717) is 0 Å². The highest BCUT2D eigenvalue weighted by molar-refractivity contribution is 5.42. The van der Waals surface area contributed by atoms with Gasteiger partial charge in [-0.15, -0.1) is 0 Å². The van der Waals surface area contributed by atoms with Gasteiger partial charge in [0, 0.05) is 0 Å². The van der Waals surface area contributed by atoms with Crippen LogP contribution in [0.2, 0.25) is 0 Å². The van der Waals surface area contributed by atoms with Crippen molar-refractivity contribution in [3.63, 3.8) is 0 Å². The summed E-state index contributed by atoms with van der Waals surface area (Å²) in [5.74, 6) is 0. The second-order valence-electron chi connectivity index (χ2n) is 5.33. The van der Waals surface area contributed by atoms with Gasteiger partial charge in [-0.3, -0.25) is 0 Å². The summed E-state index contributed by atoms with van der Waals surface area (Å²) in [5, 5.41) is 8.42. The van der Waals surface area contributed by atoms with E-state index in [9.17, 15) is 0 Å². The molecule has 0 aliphatic rings. The maximum atomic E-state index is 4.22. The van der Waals surface area contributed by atoms with Crippen LogP contribution in [-0.4, -0.2) is 0 Å². The second-order valence-corrected chi connectivity index (χ2v) is 5.33. The fourth-order valence-corrected chi connectivity index (χ4v) is 1.64. The highest BCUT2D eigenvalue weighted by Gasteiger charge is 2.12. The number of rotatable bonds is 2.